The molecule has 130 valence electrons. The van der Waals surface area contributed by atoms with Gasteiger partial charge >= 0.3 is 6.18 Å². The molecule has 0 aliphatic heterocycles. The highest BCUT2D eigenvalue weighted by atomic mass is 19.4. The molecule has 0 saturated carbocycles. The lowest BCUT2D eigenvalue weighted by Crippen LogP contribution is -2.11. The van der Waals surface area contributed by atoms with Crippen LogP contribution in [0.2, 0.25) is 0 Å². The topological polar surface area (TPSA) is 67.0 Å². The average molecular weight is 349 g/mol. The van der Waals surface area contributed by atoms with E-state index >= 15 is 0 Å². The summed E-state index contributed by atoms with van der Waals surface area (Å²) >= 11 is 0. The molecule has 2 N–H and O–H groups in total. The first-order chi connectivity index (χ1) is 11.9. The Kier molecular flexibility index (Phi) is 4.35. The SMILES string of the molecule is CCOc1ccc(NC(=O)c2ccc3nc(C(F)(F)F)[nH]c3c2)cc1. The van der Waals surface area contributed by atoms with Crippen molar-refractivity contribution in [3.8, 4) is 5.75 Å². The zero-order valence-corrected chi connectivity index (χ0v) is 13.1. The summed E-state index contributed by atoms with van der Waals surface area (Å²) in [6.07, 6.45) is -4.57. The molecule has 0 aliphatic carbocycles. The van der Waals surface area contributed by atoms with Gasteiger partial charge in [0.1, 0.15) is 5.75 Å². The van der Waals surface area contributed by atoms with E-state index < -0.39 is 17.9 Å². The van der Waals surface area contributed by atoms with E-state index in [2.05, 4.69) is 15.3 Å². The number of H-pyrrole nitrogens is 1. The molecule has 0 saturated heterocycles. The van der Waals surface area contributed by atoms with Gasteiger partial charge in [0.15, 0.2) is 0 Å². The van der Waals surface area contributed by atoms with Crippen molar-refractivity contribution in [1.29, 1.82) is 0 Å². The second-order valence-electron chi connectivity index (χ2n) is 5.23. The lowest BCUT2D eigenvalue weighted by molar-refractivity contribution is -0.144. The number of nitrogens with zero attached hydrogens (tertiary/aromatic N) is 1. The number of imidazole rings is 1. The molecule has 0 spiro atoms. The number of aromatic amines is 1. The van der Waals surface area contributed by atoms with Gasteiger partial charge in [0.05, 0.1) is 17.6 Å². The number of carbonyl (C=O) groups excluding carboxylic acids is 1. The number of fused-ring (bicyclic) bond motifs is 1. The molecule has 1 heterocycles. The molecule has 0 unspecified atom stereocenters. The lowest BCUT2D eigenvalue weighted by atomic mass is 10.2. The molecule has 0 atom stereocenters. The summed E-state index contributed by atoms with van der Waals surface area (Å²) in [4.78, 5) is 17.9. The highest BCUT2D eigenvalue weighted by Gasteiger charge is 2.34. The molecular weight excluding hydrogens is 335 g/mol. The summed E-state index contributed by atoms with van der Waals surface area (Å²) in [7, 11) is 0. The highest BCUT2D eigenvalue weighted by molar-refractivity contribution is 6.05. The van der Waals surface area contributed by atoms with Crippen LogP contribution < -0.4 is 10.1 Å². The second kappa shape index (κ2) is 6.46. The van der Waals surface area contributed by atoms with Crippen molar-refractivity contribution in [2.24, 2.45) is 0 Å². The fourth-order valence-electron chi connectivity index (χ4n) is 2.29. The molecule has 3 rings (SSSR count). The minimum absolute atomic E-state index is 0.143. The Morgan fingerprint density at radius 2 is 1.92 bits per heavy atom. The van der Waals surface area contributed by atoms with E-state index in [0.29, 0.717) is 18.0 Å². The summed E-state index contributed by atoms with van der Waals surface area (Å²) in [5.41, 5.74) is 1.06. The number of amides is 1. The second-order valence-corrected chi connectivity index (χ2v) is 5.23. The number of carbonyl (C=O) groups is 1. The van der Waals surface area contributed by atoms with Crippen molar-refractivity contribution in [3.05, 3.63) is 53.9 Å². The number of alkyl halides is 3. The fourth-order valence-corrected chi connectivity index (χ4v) is 2.29. The minimum Gasteiger partial charge on any atom is -0.494 e. The molecule has 1 aromatic heterocycles. The molecule has 8 heteroatoms. The Hall–Kier alpha value is -3.03. The normalized spacial score (nSPS) is 11.5. The zero-order valence-electron chi connectivity index (χ0n) is 13.1. The zero-order chi connectivity index (χ0) is 18.0. The fraction of sp³-hybridized carbons (Fsp3) is 0.176. The predicted molar refractivity (Wildman–Crippen MR) is 86.7 cm³/mol. The van der Waals surface area contributed by atoms with E-state index in [1.807, 2.05) is 6.92 Å². The Balaban J connectivity index is 1.79. The van der Waals surface area contributed by atoms with E-state index in [-0.39, 0.29) is 16.6 Å². The van der Waals surface area contributed by atoms with Crippen LogP contribution in [-0.4, -0.2) is 22.5 Å². The van der Waals surface area contributed by atoms with Crippen molar-refractivity contribution in [2.45, 2.75) is 13.1 Å². The molecule has 0 aliphatic rings. The molecule has 2 aromatic carbocycles. The molecule has 5 nitrogen and oxygen atoms in total. The molecule has 3 aromatic rings. The first-order valence-electron chi connectivity index (χ1n) is 7.48. The monoisotopic (exact) mass is 349 g/mol. The van der Waals surface area contributed by atoms with Gasteiger partial charge in [0.25, 0.3) is 5.91 Å². The van der Waals surface area contributed by atoms with E-state index in [1.165, 1.54) is 18.2 Å². The maximum atomic E-state index is 12.7. The van der Waals surface area contributed by atoms with Crippen molar-refractivity contribution >= 4 is 22.6 Å². The molecule has 0 fully saturated rings. The third kappa shape index (κ3) is 3.73. The molecular formula is C17H14F3N3O2. The van der Waals surface area contributed by atoms with Crippen LogP contribution in [0.4, 0.5) is 18.9 Å². The first-order valence-corrected chi connectivity index (χ1v) is 7.48. The van der Waals surface area contributed by atoms with E-state index in [9.17, 15) is 18.0 Å². The summed E-state index contributed by atoms with van der Waals surface area (Å²) in [6.45, 7) is 2.40. The van der Waals surface area contributed by atoms with Crippen molar-refractivity contribution < 1.29 is 22.7 Å². The number of nitrogens with one attached hydrogen (secondary N) is 2. The maximum Gasteiger partial charge on any atom is 0.449 e. The number of hydrogen-bond acceptors (Lipinski definition) is 3. The quantitative estimate of drug-likeness (QED) is 0.741. The van der Waals surface area contributed by atoms with Crippen LogP contribution in [0.15, 0.2) is 42.5 Å². The summed E-state index contributed by atoms with van der Waals surface area (Å²) in [5.74, 6) is -0.847. The maximum absolute atomic E-state index is 12.7. The number of benzene rings is 2. The van der Waals surface area contributed by atoms with Crippen LogP contribution in [-0.2, 0) is 6.18 Å². The number of anilines is 1. The minimum atomic E-state index is -4.57. The van der Waals surface area contributed by atoms with E-state index in [1.54, 1.807) is 24.3 Å². The lowest BCUT2D eigenvalue weighted by Gasteiger charge is -2.07. The number of ether oxygens (including phenoxy) is 1. The largest absolute Gasteiger partial charge is 0.494 e. The summed E-state index contributed by atoms with van der Waals surface area (Å²) < 4.78 is 43.3. The Bertz CT molecular complexity index is 902. The third-order valence-electron chi connectivity index (χ3n) is 3.44. The Morgan fingerprint density at radius 3 is 2.56 bits per heavy atom. The van der Waals surface area contributed by atoms with Gasteiger partial charge in [0, 0.05) is 11.3 Å². The van der Waals surface area contributed by atoms with Gasteiger partial charge in [-0.05, 0) is 49.4 Å². The van der Waals surface area contributed by atoms with E-state index in [4.69, 9.17) is 4.74 Å². The van der Waals surface area contributed by atoms with Crippen LogP contribution in [0, 0.1) is 0 Å². The van der Waals surface area contributed by atoms with Gasteiger partial charge in [-0.2, -0.15) is 13.2 Å². The molecule has 0 bridgehead atoms. The van der Waals surface area contributed by atoms with Crippen molar-refractivity contribution in [2.75, 3.05) is 11.9 Å². The number of hydrogen-bond donors (Lipinski definition) is 2. The third-order valence-corrected chi connectivity index (χ3v) is 3.44. The van der Waals surface area contributed by atoms with Crippen molar-refractivity contribution in [3.63, 3.8) is 0 Å². The van der Waals surface area contributed by atoms with Crippen LogP contribution in [0.25, 0.3) is 11.0 Å². The molecule has 1 amide bonds. The van der Waals surface area contributed by atoms with Crippen LogP contribution in [0.1, 0.15) is 23.1 Å². The van der Waals surface area contributed by atoms with Crippen molar-refractivity contribution in [1.82, 2.24) is 9.97 Å². The smallest absolute Gasteiger partial charge is 0.449 e. The predicted octanol–water partition coefficient (Wildman–Crippen LogP) is 4.23. The average Bonchev–Trinajstić information content (AvgIpc) is 3.00. The van der Waals surface area contributed by atoms with E-state index in [0.717, 1.165) is 0 Å². The molecule has 25 heavy (non-hydrogen) atoms. The van der Waals surface area contributed by atoms with Gasteiger partial charge in [-0.1, -0.05) is 0 Å². The number of halogens is 3. The van der Waals surface area contributed by atoms with Crippen LogP contribution in [0.5, 0.6) is 5.75 Å². The van der Waals surface area contributed by atoms with Crippen LogP contribution >= 0.6 is 0 Å². The van der Waals surface area contributed by atoms with Gasteiger partial charge in [-0.3, -0.25) is 4.79 Å². The van der Waals surface area contributed by atoms with Gasteiger partial charge in [-0.15, -0.1) is 0 Å². The van der Waals surface area contributed by atoms with Crippen LogP contribution in [0.3, 0.4) is 0 Å². The standard InChI is InChI=1S/C17H14F3N3O2/c1-2-25-12-6-4-11(5-7-12)21-15(24)10-3-8-13-14(9-10)23-16(22-13)17(18,19)20/h3-9H,2H2,1H3,(H,21,24)(H,22,23). The van der Waals surface area contributed by atoms with Gasteiger partial charge < -0.3 is 15.0 Å². The number of aromatic nitrogens is 2. The summed E-state index contributed by atoms with van der Waals surface area (Å²) in [6, 6.07) is 10.9. The summed E-state index contributed by atoms with van der Waals surface area (Å²) in [5, 5.41) is 2.68. The van der Waals surface area contributed by atoms with Gasteiger partial charge in [-0.25, -0.2) is 4.98 Å². The Morgan fingerprint density at radius 1 is 1.20 bits per heavy atom. The number of rotatable bonds is 4. The Labute approximate surface area is 140 Å². The molecule has 0 radical (unpaired) electrons. The first kappa shape index (κ1) is 16.8. The van der Waals surface area contributed by atoms with Gasteiger partial charge in [0.2, 0.25) is 5.82 Å². The highest BCUT2D eigenvalue weighted by Crippen LogP contribution is 2.28.